The minimum Gasteiger partial charge on any atom is -0.316 e. The number of aryl methyl sites for hydroxylation is 2. The van der Waals surface area contributed by atoms with Crippen LogP contribution in [0.25, 0.3) is 0 Å². The molecule has 0 saturated carbocycles. The second-order valence-corrected chi connectivity index (χ2v) is 6.29. The molecule has 1 aromatic carbocycles. The van der Waals surface area contributed by atoms with Crippen molar-refractivity contribution in [3.05, 3.63) is 50.7 Å². The van der Waals surface area contributed by atoms with Gasteiger partial charge in [-0.1, -0.05) is 39.7 Å². The van der Waals surface area contributed by atoms with Crippen LogP contribution in [-0.4, -0.2) is 22.9 Å². The van der Waals surface area contributed by atoms with Gasteiger partial charge in [-0.15, -0.1) is 0 Å². The van der Waals surface area contributed by atoms with E-state index in [9.17, 15) is 0 Å². The fraction of sp³-hybridized carbons (Fsp3) is 0.400. The number of hydrogen-bond acceptors (Lipinski definition) is 2. The summed E-state index contributed by atoms with van der Waals surface area (Å²) in [7, 11) is 3.93. The average Bonchev–Trinajstić information content (AvgIpc) is 2.64. The number of benzene rings is 1. The Morgan fingerprint density at radius 2 is 2.15 bits per heavy atom. The summed E-state index contributed by atoms with van der Waals surface area (Å²) in [6, 6.07) is 8.73. The number of halogens is 2. The van der Waals surface area contributed by atoms with E-state index >= 15 is 0 Å². The molecule has 0 aliphatic rings. The van der Waals surface area contributed by atoms with E-state index in [0.29, 0.717) is 6.04 Å². The molecule has 0 aliphatic heterocycles. The third-order valence-electron chi connectivity index (χ3n) is 3.48. The maximum atomic E-state index is 6.32. The van der Waals surface area contributed by atoms with E-state index in [0.717, 1.165) is 33.7 Å². The van der Waals surface area contributed by atoms with Crippen LogP contribution in [0.5, 0.6) is 0 Å². The van der Waals surface area contributed by atoms with Crippen LogP contribution in [0, 0.1) is 6.92 Å². The molecule has 0 bridgehead atoms. The number of nitrogens with zero attached hydrogens (tertiary/aromatic N) is 2. The molecule has 0 spiro atoms. The zero-order valence-electron chi connectivity index (χ0n) is 12.0. The molecule has 0 amide bonds. The fourth-order valence-electron chi connectivity index (χ4n) is 2.36. The van der Waals surface area contributed by atoms with E-state index in [1.165, 1.54) is 5.56 Å². The second kappa shape index (κ2) is 6.74. The first-order valence-electron chi connectivity index (χ1n) is 6.61. The molecule has 0 saturated heterocycles. The van der Waals surface area contributed by atoms with Crippen molar-refractivity contribution in [1.29, 1.82) is 0 Å². The summed E-state index contributed by atoms with van der Waals surface area (Å²) in [4.78, 5) is 0. The molecule has 1 heterocycles. The first-order valence-corrected chi connectivity index (χ1v) is 7.78. The van der Waals surface area contributed by atoms with Crippen molar-refractivity contribution in [2.24, 2.45) is 7.05 Å². The lowest BCUT2D eigenvalue weighted by molar-refractivity contribution is 0.533. The van der Waals surface area contributed by atoms with Crippen molar-refractivity contribution in [2.45, 2.75) is 25.8 Å². The van der Waals surface area contributed by atoms with Crippen LogP contribution in [0.1, 0.15) is 17.0 Å². The SMILES string of the molecule is CNC(Cc1cccc(Br)c1)Cc1c(Cl)c(C)nn1C. The van der Waals surface area contributed by atoms with Crippen LogP contribution in [0.4, 0.5) is 0 Å². The zero-order chi connectivity index (χ0) is 14.7. The molecule has 2 aromatic rings. The van der Waals surface area contributed by atoms with Crippen LogP contribution >= 0.6 is 27.5 Å². The Balaban J connectivity index is 2.13. The number of nitrogens with one attached hydrogen (secondary N) is 1. The summed E-state index contributed by atoms with van der Waals surface area (Å²) >= 11 is 9.84. The maximum Gasteiger partial charge on any atom is 0.0847 e. The van der Waals surface area contributed by atoms with Gasteiger partial charge in [-0.2, -0.15) is 5.10 Å². The minimum absolute atomic E-state index is 0.330. The van der Waals surface area contributed by atoms with Crippen LogP contribution in [0.2, 0.25) is 5.02 Å². The van der Waals surface area contributed by atoms with Crippen molar-refractivity contribution in [3.8, 4) is 0 Å². The van der Waals surface area contributed by atoms with E-state index in [4.69, 9.17) is 11.6 Å². The van der Waals surface area contributed by atoms with Gasteiger partial charge in [-0.25, -0.2) is 0 Å². The van der Waals surface area contributed by atoms with Gasteiger partial charge in [-0.05, 0) is 38.1 Å². The van der Waals surface area contributed by atoms with Crippen molar-refractivity contribution in [3.63, 3.8) is 0 Å². The van der Waals surface area contributed by atoms with E-state index in [1.54, 1.807) is 0 Å². The number of aromatic nitrogens is 2. The first-order chi connectivity index (χ1) is 9.51. The normalized spacial score (nSPS) is 12.7. The highest BCUT2D eigenvalue weighted by Gasteiger charge is 2.16. The average molecular weight is 357 g/mol. The third-order valence-corrected chi connectivity index (χ3v) is 4.47. The molecule has 1 unspecified atom stereocenters. The molecule has 1 aromatic heterocycles. The first kappa shape index (κ1) is 15.5. The number of rotatable bonds is 5. The van der Waals surface area contributed by atoms with Crippen molar-refractivity contribution in [1.82, 2.24) is 15.1 Å². The predicted octanol–water partition coefficient (Wildman–Crippen LogP) is 3.52. The van der Waals surface area contributed by atoms with Crippen LogP contribution in [0.3, 0.4) is 0 Å². The van der Waals surface area contributed by atoms with E-state index in [2.05, 4.69) is 44.5 Å². The Morgan fingerprint density at radius 3 is 2.70 bits per heavy atom. The van der Waals surface area contributed by atoms with Gasteiger partial charge in [0.1, 0.15) is 0 Å². The van der Waals surface area contributed by atoms with Gasteiger partial charge in [0.25, 0.3) is 0 Å². The van der Waals surface area contributed by atoms with E-state index < -0.39 is 0 Å². The summed E-state index contributed by atoms with van der Waals surface area (Å²) < 4.78 is 2.99. The van der Waals surface area contributed by atoms with E-state index in [1.807, 2.05) is 31.8 Å². The molecule has 20 heavy (non-hydrogen) atoms. The summed E-state index contributed by atoms with van der Waals surface area (Å²) in [6.45, 7) is 1.94. The highest BCUT2D eigenvalue weighted by molar-refractivity contribution is 9.10. The molecule has 5 heteroatoms. The maximum absolute atomic E-state index is 6.32. The van der Waals surface area contributed by atoms with Gasteiger partial charge in [0.2, 0.25) is 0 Å². The van der Waals surface area contributed by atoms with Crippen molar-refractivity contribution in [2.75, 3.05) is 7.05 Å². The Labute approximate surface area is 133 Å². The Hall–Kier alpha value is -0.840. The number of likely N-dealkylation sites (N-methyl/N-ethyl adjacent to an activating group) is 1. The summed E-state index contributed by atoms with van der Waals surface area (Å²) in [5.74, 6) is 0. The molecule has 2 rings (SSSR count). The molecule has 3 nitrogen and oxygen atoms in total. The van der Waals surface area contributed by atoms with Gasteiger partial charge in [-0.3, -0.25) is 4.68 Å². The Bertz CT molecular complexity index is 595. The quantitative estimate of drug-likeness (QED) is 0.888. The highest BCUT2D eigenvalue weighted by atomic mass is 79.9. The fourth-order valence-corrected chi connectivity index (χ4v) is 3.04. The second-order valence-electron chi connectivity index (χ2n) is 4.99. The third kappa shape index (κ3) is 3.62. The van der Waals surface area contributed by atoms with E-state index in [-0.39, 0.29) is 0 Å². The van der Waals surface area contributed by atoms with Gasteiger partial charge < -0.3 is 5.32 Å². The monoisotopic (exact) mass is 355 g/mol. The molecule has 1 atom stereocenters. The lowest BCUT2D eigenvalue weighted by Crippen LogP contribution is -2.30. The Morgan fingerprint density at radius 1 is 1.40 bits per heavy atom. The van der Waals surface area contributed by atoms with Crippen LogP contribution in [0.15, 0.2) is 28.7 Å². The molecule has 108 valence electrons. The van der Waals surface area contributed by atoms with Crippen LogP contribution < -0.4 is 5.32 Å². The summed E-state index contributed by atoms with van der Waals surface area (Å²) in [6.07, 6.45) is 1.82. The minimum atomic E-state index is 0.330. The zero-order valence-corrected chi connectivity index (χ0v) is 14.3. The van der Waals surface area contributed by atoms with Gasteiger partial charge in [0.15, 0.2) is 0 Å². The van der Waals surface area contributed by atoms with Gasteiger partial charge >= 0.3 is 0 Å². The van der Waals surface area contributed by atoms with Crippen LogP contribution in [-0.2, 0) is 19.9 Å². The number of hydrogen-bond donors (Lipinski definition) is 1. The highest BCUT2D eigenvalue weighted by Crippen LogP contribution is 2.22. The topological polar surface area (TPSA) is 29.9 Å². The predicted molar refractivity (Wildman–Crippen MR) is 87.4 cm³/mol. The molecule has 0 radical (unpaired) electrons. The lowest BCUT2D eigenvalue weighted by atomic mass is 10.0. The summed E-state index contributed by atoms with van der Waals surface area (Å²) in [5, 5.41) is 8.52. The standard InChI is InChI=1S/C15H19BrClN3/c1-10-15(17)14(20(3)19-10)9-13(18-2)8-11-5-4-6-12(16)7-11/h4-7,13,18H,8-9H2,1-3H3. The summed E-state index contributed by atoms with van der Waals surface area (Å²) in [5.41, 5.74) is 3.27. The van der Waals surface area contributed by atoms with Gasteiger partial charge in [0, 0.05) is 24.0 Å². The van der Waals surface area contributed by atoms with Gasteiger partial charge in [0.05, 0.1) is 16.4 Å². The molecular weight excluding hydrogens is 338 g/mol. The molecular formula is C15H19BrClN3. The Kier molecular flexibility index (Phi) is 5.24. The lowest BCUT2D eigenvalue weighted by Gasteiger charge is -2.17. The largest absolute Gasteiger partial charge is 0.316 e. The molecule has 0 fully saturated rings. The smallest absolute Gasteiger partial charge is 0.0847 e. The van der Waals surface area contributed by atoms with Crippen molar-refractivity contribution < 1.29 is 0 Å². The molecule has 1 N–H and O–H groups in total. The van der Waals surface area contributed by atoms with Crippen molar-refractivity contribution >= 4 is 27.5 Å². The molecule has 0 aliphatic carbocycles.